The Bertz CT molecular complexity index is 369. The molecule has 0 amide bonds. The Labute approximate surface area is 176 Å². The Morgan fingerprint density at radius 3 is 1.79 bits per heavy atom. The normalized spacial score (nSPS) is 12.0. The summed E-state index contributed by atoms with van der Waals surface area (Å²) in [6.45, 7) is 9.40. The average molecular weight is 395 g/mol. The van der Waals surface area contributed by atoms with Crippen LogP contribution in [0.15, 0.2) is 11.6 Å². The zero-order valence-corrected chi connectivity index (χ0v) is 19.7. The lowest BCUT2D eigenvalue weighted by molar-refractivity contribution is -0.144. The van der Waals surface area contributed by atoms with Crippen molar-refractivity contribution >= 4 is 5.97 Å². The molecule has 166 valence electrons. The van der Waals surface area contributed by atoms with Gasteiger partial charge in [-0.15, -0.1) is 0 Å². The summed E-state index contributed by atoms with van der Waals surface area (Å²) in [7, 11) is 0. The van der Waals surface area contributed by atoms with Crippen LogP contribution < -0.4 is 0 Å². The van der Waals surface area contributed by atoms with E-state index >= 15 is 0 Å². The van der Waals surface area contributed by atoms with Gasteiger partial charge in [0.05, 0.1) is 6.61 Å². The minimum absolute atomic E-state index is 0.000397. The molecule has 1 unspecified atom stereocenters. The van der Waals surface area contributed by atoms with Gasteiger partial charge in [-0.1, -0.05) is 103 Å². The van der Waals surface area contributed by atoms with Crippen molar-refractivity contribution in [3.63, 3.8) is 0 Å². The monoisotopic (exact) mass is 394 g/mol. The largest absolute Gasteiger partial charge is 0.466 e. The summed E-state index contributed by atoms with van der Waals surface area (Å²) in [5.41, 5.74) is 1.39. The van der Waals surface area contributed by atoms with E-state index < -0.39 is 0 Å². The quantitative estimate of drug-likeness (QED) is 0.117. The average Bonchev–Trinajstić information content (AvgIpc) is 2.65. The lowest BCUT2D eigenvalue weighted by Gasteiger charge is -2.10. The summed E-state index contributed by atoms with van der Waals surface area (Å²) < 4.78 is 5.39. The summed E-state index contributed by atoms with van der Waals surface area (Å²) >= 11 is 0. The summed E-state index contributed by atoms with van der Waals surface area (Å²) in [5.74, 6) is 0.624. The standard InChI is InChI=1S/C26H50O2/c1-5-6-7-8-9-10-11-12-13-14-15-16-17-21-26(27)28-23-22-25(4)20-18-19-24(2)3/h19,25H,5-18,20-23H2,1-4H3. The van der Waals surface area contributed by atoms with Crippen molar-refractivity contribution in [2.24, 2.45) is 5.92 Å². The van der Waals surface area contributed by atoms with E-state index in [0.717, 1.165) is 19.3 Å². The molecule has 0 N–H and O–H groups in total. The van der Waals surface area contributed by atoms with Crippen molar-refractivity contribution < 1.29 is 9.53 Å². The van der Waals surface area contributed by atoms with Crippen LogP contribution in [-0.4, -0.2) is 12.6 Å². The molecule has 0 aromatic heterocycles. The van der Waals surface area contributed by atoms with Gasteiger partial charge >= 0.3 is 5.97 Å². The number of rotatable bonds is 20. The number of hydrogen-bond donors (Lipinski definition) is 0. The van der Waals surface area contributed by atoms with Crippen LogP contribution in [0, 0.1) is 5.92 Å². The van der Waals surface area contributed by atoms with Gasteiger partial charge in [-0.25, -0.2) is 0 Å². The highest BCUT2D eigenvalue weighted by molar-refractivity contribution is 5.69. The number of unbranched alkanes of at least 4 members (excludes halogenated alkanes) is 12. The molecule has 0 bridgehead atoms. The fraction of sp³-hybridized carbons (Fsp3) is 0.885. The van der Waals surface area contributed by atoms with E-state index in [0.29, 0.717) is 18.9 Å². The Morgan fingerprint density at radius 2 is 1.29 bits per heavy atom. The summed E-state index contributed by atoms with van der Waals surface area (Å²) in [5, 5.41) is 0. The molecule has 0 spiro atoms. The van der Waals surface area contributed by atoms with Crippen molar-refractivity contribution in [3.05, 3.63) is 11.6 Å². The molecular weight excluding hydrogens is 344 g/mol. The highest BCUT2D eigenvalue weighted by Crippen LogP contribution is 2.14. The predicted octanol–water partition coefficient (Wildman–Crippen LogP) is 8.78. The van der Waals surface area contributed by atoms with Gasteiger partial charge < -0.3 is 4.74 Å². The number of ether oxygens (including phenoxy) is 1. The number of carbonyl (C=O) groups excluding carboxylic acids is 1. The lowest BCUT2D eigenvalue weighted by atomic mass is 10.0. The molecule has 0 aromatic rings. The molecule has 28 heavy (non-hydrogen) atoms. The van der Waals surface area contributed by atoms with E-state index in [1.165, 1.54) is 89.0 Å². The molecule has 0 rings (SSSR count). The van der Waals surface area contributed by atoms with E-state index in [2.05, 4.69) is 33.8 Å². The molecule has 0 radical (unpaired) electrons. The Hall–Kier alpha value is -0.790. The van der Waals surface area contributed by atoms with Crippen LogP contribution in [0.5, 0.6) is 0 Å². The maximum atomic E-state index is 11.8. The molecule has 2 nitrogen and oxygen atoms in total. The zero-order valence-electron chi connectivity index (χ0n) is 19.7. The topological polar surface area (TPSA) is 26.3 Å². The molecule has 0 saturated heterocycles. The van der Waals surface area contributed by atoms with Gasteiger partial charge in [-0.05, 0) is 45.4 Å². The van der Waals surface area contributed by atoms with Gasteiger partial charge in [0.1, 0.15) is 0 Å². The lowest BCUT2D eigenvalue weighted by Crippen LogP contribution is -2.08. The van der Waals surface area contributed by atoms with Gasteiger partial charge in [-0.2, -0.15) is 0 Å². The van der Waals surface area contributed by atoms with Crippen LogP contribution in [0.25, 0.3) is 0 Å². The molecular formula is C26H50O2. The summed E-state index contributed by atoms with van der Waals surface area (Å²) in [6.07, 6.45) is 23.6. The Kier molecular flexibility index (Phi) is 20.3. The van der Waals surface area contributed by atoms with Crippen molar-refractivity contribution in [3.8, 4) is 0 Å². The molecule has 2 heteroatoms. The van der Waals surface area contributed by atoms with E-state index in [-0.39, 0.29) is 5.97 Å². The maximum Gasteiger partial charge on any atom is 0.305 e. The molecule has 0 aliphatic heterocycles. The molecule has 0 aliphatic carbocycles. The van der Waals surface area contributed by atoms with Crippen molar-refractivity contribution in [2.75, 3.05) is 6.61 Å². The predicted molar refractivity (Wildman–Crippen MR) is 124 cm³/mol. The highest BCUT2D eigenvalue weighted by atomic mass is 16.5. The number of esters is 1. The van der Waals surface area contributed by atoms with E-state index in [1.807, 2.05) is 0 Å². The molecule has 0 saturated carbocycles. The third kappa shape index (κ3) is 21.5. The van der Waals surface area contributed by atoms with Gasteiger partial charge in [0.2, 0.25) is 0 Å². The first kappa shape index (κ1) is 27.2. The van der Waals surface area contributed by atoms with Crippen LogP contribution in [0.4, 0.5) is 0 Å². The molecule has 0 fully saturated rings. The van der Waals surface area contributed by atoms with Crippen LogP contribution >= 0.6 is 0 Å². The minimum Gasteiger partial charge on any atom is -0.466 e. The second kappa shape index (κ2) is 20.9. The van der Waals surface area contributed by atoms with Crippen LogP contribution in [0.3, 0.4) is 0 Å². The van der Waals surface area contributed by atoms with E-state index in [4.69, 9.17) is 4.74 Å². The first-order valence-electron chi connectivity index (χ1n) is 12.3. The van der Waals surface area contributed by atoms with Gasteiger partial charge in [0.15, 0.2) is 0 Å². The second-order valence-corrected chi connectivity index (χ2v) is 8.97. The Morgan fingerprint density at radius 1 is 0.786 bits per heavy atom. The van der Waals surface area contributed by atoms with E-state index in [1.54, 1.807) is 0 Å². The highest BCUT2D eigenvalue weighted by Gasteiger charge is 2.05. The molecule has 0 heterocycles. The Balaban J connectivity index is 3.29. The third-order valence-corrected chi connectivity index (χ3v) is 5.57. The van der Waals surface area contributed by atoms with Gasteiger partial charge in [0, 0.05) is 6.42 Å². The summed E-state index contributed by atoms with van der Waals surface area (Å²) in [4.78, 5) is 11.8. The molecule has 0 aliphatic rings. The smallest absolute Gasteiger partial charge is 0.305 e. The first-order valence-corrected chi connectivity index (χ1v) is 12.3. The van der Waals surface area contributed by atoms with Crippen LogP contribution in [-0.2, 0) is 9.53 Å². The summed E-state index contributed by atoms with van der Waals surface area (Å²) in [6, 6.07) is 0. The van der Waals surface area contributed by atoms with Crippen molar-refractivity contribution in [2.45, 2.75) is 137 Å². The third-order valence-electron chi connectivity index (χ3n) is 5.57. The first-order chi connectivity index (χ1) is 13.6. The number of hydrogen-bond acceptors (Lipinski definition) is 2. The molecule has 0 aromatic carbocycles. The zero-order chi connectivity index (χ0) is 20.9. The van der Waals surface area contributed by atoms with Gasteiger partial charge in [-0.3, -0.25) is 4.79 Å². The van der Waals surface area contributed by atoms with Crippen LogP contribution in [0.1, 0.15) is 137 Å². The van der Waals surface area contributed by atoms with Crippen molar-refractivity contribution in [1.29, 1.82) is 0 Å². The minimum atomic E-state index is -0.000397. The fourth-order valence-corrected chi connectivity index (χ4v) is 3.53. The van der Waals surface area contributed by atoms with Gasteiger partial charge in [0.25, 0.3) is 0 Å². The maximum absolute atomic E-state index is 11.8. The number of allylic oxidation sites excluding steroid dienone is 2. The fourth-order valence-electron chi connectivity index (χ4n) is 3.53. The SMILES string of the molecule is CCCCCCCCCCCCCCCC(=O)OCCC(C)CCC=C(C)C. The number of carbonyl (C=O) groups is 1. The van der Waals surface area contributed by atoms with Crippen molar-refractivity contribution in [1.82, 2.24) is 0 Å². The van der Waals surface area contributed by atoms with E-state index in [9.17, 15) is 4.79 Å². The molecule has 1 atom stereocenters. The van der Waals surface area contributed by atoms with Crippen LogP contribution in [0.2, 0.25) is 0 Å². The second-order valence-electron chi connectivity index (χ2n) is 8.97.